The van der Waals surface area contributed by atoms with Crippen LogP contribution >= 0.6 is 11.3 Å². The molecule has 0 radical (unpaired) electrons. The standard InChI is InChI=1S/C15H17NO4S2/c1-2-11-3-5-12(6-4-11)10-22(19,20)16-8-13-7-14(15(17)18)21-9-13/h3-7,9,16H,2,8,10H2,1H3,(H,17,18). The number of rotatable bonds is 7. The largest absolute Gasteiger partial charge is 0.477 e. The maximum absolute atomic E-state index is 12.0. The van der Waals surface area contributed by atoms with E-state index in [2.05, 4.69) is 4.72 Å². The van der Waals surface area contributed by atoms with E-state index < -0.39 is 16.0 Å². The van der Waals surface area contributed by atoms with E-state index in [0.29, 0.717) is 5.56 Å². The minimum atomic E-state index is -3.46. The Morgan fingerprint density at radius 3 is 2.36 bits per heavy atom. The second kappa shape index (κ2) is 7.04. The Hall–Kier alpha value is -1.70. The van der Waals surface area contributed by atoms with E-state index in [0.717, 1.165) is 28.9 Å². The Labute approximate surface area is 133 Å². The number of carboxylic acids is 1. The Morgan fingerprint density at radius 1 is 1.18 bits per heavy atom. The summed E-state index contributed by atoms with van der Waals surface area (Å²) in [6.45, 7) is 2.14. The molecule has 7 heteroatoms. The molecule has 0 aliphatic heterocycles. The summed E-state index contributed by atoms with van der Waals surface area (Å²) in [6.07, 6.45) is 0.912. The number of sulfonamides is 1. The van der Waals surface area contributed by atoms with Crippen molar-refractivity contribution in [3.05, 3.63) is 57.3 Å². The molecule has 2 aromatic rings. The van der Waals surface area contributed by atoms with Crippen molar-refractivity contribution in [2.45, 2.75) is 25.6 Å². The zero-order chi connectivity index (χ0) is 16.2. The molecule has 22 heavy (non-hydrogen) atoms. The van der Waals surface area contributed by atoms with Gasteiger partial charge in [0, 0.05) is 6.54 Å². The van der Waals surface area contributed by atoms with Crippen molar-refractivity contribution >= 4 is 27.3 Å². The van der Waals surface area contributed by atoms with Crippen LogP contribution in [0.3, 0.4) is 0 Å². The van der Waals surface area contributed by atoms with Gasteiger partial charge < -0.3 is 5.11 Å². The molecule has 0 spiro atoms. The summed E-state index contributed by atoms with van der Waals surface area (Å²) in [7, 11) is -3.46. The summed E-state index contributed by atoms with van der Waals surface area (Å²) in [5, 5.41) is 10.5. The van der Waals surface area contributed by atoms with Crippen molar-refractivity contribution in [3.8, 4) is 0 Å². The van der Waals surface area contributed by atoms with Crippen molar-refractivity contribution in [1.82, 2.24) is 4.72 Å². The highest BCUT2D eigenvalue weighted by atomic mass is 32.2. The molecular formula is C15H17NO4S2. The van der Waals surface area contributed by atoms with Gasteiger partial charge in [-0.3, -0.25) is 0 Å². The Morgan fingerprint density at radius 2 is 1.82 bits per heavy atom. The summed E-state index contributed by atoms with van der Waals surface area (Å²) in [4.78, 5) is 11.0. The smallest absolute Gasteiger partial charge is 0.345 e. The van der Waals surface area contributed by atoms with Crippen molar-refractivity contribution in [2.24, 2.45) is 0 Å². The molecule has 2 N–H and O–H groups in total. The lowest BCUT2D eigenvalue weighted by molar-refractivity contribution is 0.0702. The lowest BCUT2D eigenvalue weighted by Gasteiger charge is -2.06. The number of benzene rings is 1. The predicted octanol–water partition coefficient (Wildman–Crippen LogP) is 2.63. The molecule has 0 saturated carbocycles. The van der Waals surface area contributed by atoms with Crippen LogP contribution in [0.4, 0.5) is 0 Å². The fourth-order valence-electron chi connectivity index (χ4n) is 1.92. The highest BCUT2D eigenvalue weighted by Crippen LogP contribution is 2.15. The summed E-state index contributed by atoms with van der Waals surface area (Å²) >= 11 is 1.08. The molecule has 118 valence electrons. The highest BCUT2D eigenvalue weighted by molar-refractivity contribution is 7.88. The number of thiophene rings is 1. The second-order valence-electron chi connectivity index (χ2n) is 4.87. The zero-order valence-corrected chi connectivity index (χ0v) is 13.7. The molecule has 0 amide bonds. The molecule has 0 aliphatic carbocycles. The van der Waals surface area contributed by atoms with Crippen LogP contribution in [0.5, 0.6) is 0 Å². The molecule has 0 aliphatic rings. The summed E-state index contributed by atoms with van der Waals surface area (Å²) in [5.41, 5.74) is 2.53. The Bertz CT molecular complexity index is 748. The zero-order valence-electron chi connectivity index (χ0n) is 12.1. The molecule has 0 unspecified atom stereocenters. The van der Waals surface area contributed by atoms with Crippen LogP contribution in [0.25, 0.3) is 0 Å². The molecule has 0 atom stereocenters. The van der Waals surface area contributed by atoms with E-state index in [1.165, 1.54) is 6.07 Å². The van der Waals surface area contributed by atoms with Crippen LogP contribution in [0.15, 0.2) is 35.7 Å². The van der Waals surface area contributed by atoms with Gasteiger partial charge in [0.2, 0.25) is 10.0 Å². The fraction of sp³-hybridized carbons (Fsp3) is 0.267. The number of aromatic carboxylic acids is 1. The molecule has 1 aromatic carbocycles. The van der Waals surface area contributed by atoms with Crippen LogP contribution in [-0.2, 0) is 28.7 Å². The summed E-state index contributed by atoms with van der Waals surface area (Å²) in [6, 6.07) is 8.94. The maximum Gasteiger partial charge on any atom is 0.345 e. The van der Waals surface area contributed by atoms with Crippen LogP contribution < -0.4 is 4.72 Å². The third-order valence-electron chi connectivity index (χ3n) is 3.15. The second-order valence-corrected chi connectivity index (χ2v) is 7.59. The number of hydrogen-bond acceptors (Lipinski definition) is 4. The minimum absolute atomic E-state index is 0.0904. The van der Waals surface area contributed by atoms with Gasteiger partial charge in [-0.25, -0.2) is 17.9 Å². The van der Waals surface area contributed by atoms with Crippen LogP contribution in [0.1, 0.15) is 33.3 Å². The van der Waals surface area contributed by atoms with E-state index in [4.69, 9.17) is 5.11 Å². The predicted molar refractivity (Wildman–Crippen MR) is 86.6 cm³/mol. The van der Waals surface area contributed by atoms with Gasteiger partial charge in [-0.15, -0.1) is 11.3 Å². The first-order chi connectivity index (χ1) is 10.4. The van der Waals surface area contributed by atoms with Crippen LogP contribution in [-0.4, -0.2) is 19.5 Å². The van der Waals surface area contributed by atoms with Crippen molar-refractivity contribution in [2.75, 3.05) is 0 Å². The van der Waals surface area contributed by atoms with Gasteiger partial charge in [0.1, 0.15) is 4.88 Å². The average molecular weight is 339 g/mol. The third kappa shape index (κ3) is 4.66. The topological polar surface area (TPSA) is 83.5 Å². The van der Waals surface area contributed by atoms with Gasteiger partial charge in [-0.05, 0) is 34.6 Å². The van der Waals surface area contributed by atoms with Crippen LogP contribution in [0, 0.1) is 0 Å². The fourth-order valence-corrected chi connectivity index (χ4v) is 3.79. The molecule has 1 aromatic heterocycles. The summed E-state index contributed by atoms with van der Waals surface area (Å²) < 4.78 is 26.6. The van der Waals surface area contributed by atoms with Gasteiger partial charge in [0.05, 0.1) is 5.75 Å². The van der Waals surface area contributed by atoms with Gasteiger partial charge >= 0.3 is 5.97 Å². The van der Waals surface area contributed by atoms with E-state index >= 15 is 0 Å². The quantitative estimate of drug-likeness (QED) is 0.812. The Kier molecular flexibility index (Phi) is 5.33. The van der Waals surface area contributed by atoms with Gasteiger partial charge in [-0.1, -0.05) is 31.2 Å². The average Bonchev–Trinajstić information content (AvgIpc) is 2.95. The molecular weight excluding hydrogens is 322 g/mol. The Balaban J connectivity index is 1.96. The number of carbonyl (C=O) groups is 1. The molecule has 1 heterocycles. The number of nitrogens with one attached hydrogen (secondary N) is 1. The van der Waals surface area contributed by atoms with Crippen molar-refractivity contribution in [3.63, 3.8) is 0 Å². The number of hydrogen-bond donors (Lipinski definition) is 2. The van der Waals surface area contributed by atoms with Crippen LogP contribution in [0.2, 0.25) is 0 Å². The van der Waals surface area contributed by atoms with E-state index in [1.807, 2.05) is 31.2 Å². The van der Waals surface area contributed by atoms with Gasteiger partial charge in [-0.2, -0.15) is 0 Å². The first kappa shape index (κ1) is 16.7. The monoisotopic (exact) mass is 339 g/mol. The SMILES string of the molecule is CCc1ccc(CS(=O)(=O)NCc2csc(C(=O)O)c2)cc1. The van der Waals surface area contributed by atoms with Gasteiger partial charge in [0.15, 0.2) is 0 Å². The number of aryl methyl sites for hydroxylation is 1. The van der Waals surface area contributed by atoms with Crippen molar-refractivity contribution < 1.29 is 18.3 Å². The summed E-state index contributed by atoms with van der Waals surface area (Å²) in [5.74, 6) is -1.09. The van der Waals surface area contributed by atoms with E-state index in [-0.39, 0.29) is 17.2 Å². The molecule has 0 fully saturated rings. The lowest BCUT2D eigenvalue weighted by Crippen LogP contribution is -2.24. The van der Waals surface area contributed by atoms with E-state index in [1.54, 1.807) is 5.38 Å². The highest BCUT2D eigenvalue weighted by Gasteiger charge is 2.13. The third-order valence-corrected chi connectivity index (χ3v) is 5.41. The molecule has 2 rings (SSSR count). The van der Waals surface area contributed by atoms with Gasteiger partial charge in [0.25, 0.3) is 0 Å². The minimum Gasteiger partial charge on any atom is -0.477 e. The molecule has 0 saturated heterocycles. The molecule has 0 bridgehead atoms. The first-order valence-electron chi connectivity index (χ1n) is 6.75. The molecule has 5 nitrogen and oxygen atoms in total. The maximum atomic E-state index is 12.0. The first-order valence-corrected chi connectivity index (χ1v) is 9.28. The normalized spacial score (nSPS) is 11.5. The van der Waals surface area contributed by atoms with E-state index in [9.17, 15) is 13.2 Å². The number of carboxylic acid groups (broad SMARTS) is 1. The van der Waals surface area contributed by atoms with Crippen molar-refractivity contribution in [1.29, 1.82) is 0 Å². The lowest BCUT2D eigenvalue weighted by atomic mass is 10.1.